The number of amides is 1. The zero-order chi connectivity index (χ0) is 13.0. The second kappa shape index (κ2) is 6.80. The van der Waals surface area contributed by atoms with Crippen LogP contribution in [0.15, 0.2) is 42.7 Å². The van der Waals surface area contributed by atoms with Gasteiger partial charge in [0, 0.05) is 36.1 Å². The third-order valence-electron chi connectivity index (χ3n) is 2.40. The van der Waals surface area contributed by atoms with Gasteiger partial charge in [-0.15, -0.1) is 12.4 Å². The molecule has 1 heterocycles. The molecule has 0 aliphatic carbocycles. The van der Waals surface area contributed by atoms with Gasteiger partial charge < -0.3 is 5.32 Å². The molecule has 2 rings (SSSR count). The first-order valence-corrected chi connectivity index (χ1v) is 5.29. The standard InChI is InChI=1S/C13H10F2N2O.ClH/c14-11-2-1-10(12(15)7-11)8-17-13(18)9-3-5-16-6-4-9;/h1-7H,8H2,(H,17,18);1H. The minimum atomic E-state index is -0.676. The van der Waals surface area contributed by atoms with Crippen molar-refractivity contribution in [1.29, 1.82) is 0 Å². The molecule has 0 aliphatic heterocycles. The molecule has 0 saturated carbocycles. The minimum absolute atomic E-state index is 0. The average molecular weight is 285 g/mol. The lowest BCUT2D eigenvalue weighted by molar-refractivity contribution is 0.0950. The smallest absolute Gasteiger partial charge is 0.251 e. The van der Waals surface area contributed by atoms with Gasteiger partial charge in [-0.3, -0.25) is 9.78 Å². The number of carbonyl (C=O) groups excluding carboxylic acids is 1. The van der Waals surface area contributed by atoms with E-state index in [0.29, 0.717) is 5.56 Å². The van der Waals surface area contributed by atoms with Crippen molar-refractivity contribution in [2.24, 2.45) is 0 Å². The fourth-order valence-corrected chi connectivity index (χ4v) is 1.45. The van der Waals surface area contributed by atoms with Crippen LogP contribution in [0.4, 0.5) is 8.78 Å². The van der Waals surface area contributed by atoms with Gasteiger partial charge in [0.2, 0.25) is 0 Å². The number of aromatic nitrogens is 1. The summed E-state index contributed by atoms with van der Waals surface area (Å²) >= 11 is 0. The van der Waals surface area contributed by atoms with Gasteiger partial charge in [0.15, 0.2) is 0 Å². The van der Waals surface area contributed by atoms with Crippen LogP contribution in [0, 0.1) is 11.6 Å². The molecule has 0 bridgehead atoms. The summed E-state index contributed by atoms with van der Waals surface area (Å²) in [6.45, 7) is 0.00721. The highest BCUT2D eigenvalue weighted by molar-refractivity contribution is 5.93. The SMILES string of the molecule is Cl.O=C(NCc1ccc(F)cc1F)c1ccncc1. The van der Waals surface area contributed by atoms with Crippen LogP contribution in [0.25, 0.3) is 0 Å². The molecule has 0 atom stereocenters. The summed E-state index contributed by atoms with van der Waals surface area (Å²) in [5.41, 5.74) is 0.673. The fourth-order valence-electron chi connectivity index (χ4n) is 1.45. The van der Waals surface area contributed by atoms with Gasteiger partial charge in [-0.1, -0.05) is 6.07 Å². The number of carbonyl (C=O) groups is 1. The monoisotopic (exact) mass is 284 g/mol. The van der Waals surface area contributed by atoms with E-state index in [4.69, 9.17) is 0 Å². The van der Waals surface area contributed by atoms with Crippen molar-refractivity contribution in [2.45, 2.75) is 6.54 Å². The summed E-state index contributed by atoms with van der Waals surface area (Å²) in [5, 5.41) is 2.55. The largest absolute Gasteiger partial charge is 0.348 e. The van der Waals surface area contributed by atoms with Gasteiger partial charge in [-0.05, 0) is 18.2 Å². The molecular formula is C13H11ClF2N2O. The molecule has 6 heteroatoms. The Morgan fingerprint density at radius 1 is 1.16 bits per heavy atom. The van der Waals surface area contributed by atoms with Gasteiger partial charge in [-0.2, -0.15) is 0 Å². The van der Waals surface area contributed by atoms with Gasteiger partial charge in [-0.25, -0.2) is 8.78 Å². The van der Waals surface area contributed by atoms with Crippen molar-refractivity contribution >= 4 is 18.3 Å². The predicted molar refractivity (Wildman–Crippen MR) is 69.0 cm³/mol. The molecule has 0 saturated heterocycles. The van der Waals surface area contributed by atoms with Crippen molar-refractivity contribution in [3.05, 3.63) is 65.5 Å². The van der Waals surface area contributed by atoms with E-state index in [1.165, 1.54) is 18.5 Å². The molecule has 1 amide bonds. The lowest BCUT2D eigenvalue weighted by Crippen LogP contribution is -2.23. The summed E-state index contributed by atoms with van der Waals surface area (Å²) < 4.78 is 26.0. The van der Waals surface area contributed by atoms with E-state index in [-0.39, 0.29) is 30.4 Å². The van der Waals surface area contributed by atoms with Gasteiger partial charge in [0.05, 0.1) is 0 Å². The Morgan fingerprint density at radius 2 is 1.84 bits per heavy atom. The van der Waals surface area contributed by atoms with E-state index in [0.717, 1.165) is 12.1 Å². The molecule has 3 nitrogen and oxygen atoms in total. The Kier molecular flexibility index (Phi) is 5.38. The summed E-state index contributed by atoms with van der Waals surface area (Å²) in [6, 6.07) is 6.34. The molecule has 2 aromatic rings. The fraction of sp³-hybridized carbons (Fsp3) is 0.0769. The van der Waals surface area contributed by atoms with Crippen LogP contribution in [-0.2, 0) is 6.54 Å². The Labute approximate surface area is 115 Å². The maximum atomic E-state index is 13.3. The number of pyridine rings is 1. The molecule has 1 aromatic carbocycles. The molecule has 1 N–H and O–H groups in total. The third-order valence-corrected chi connectivity index (χ3v) is 2.40. The van der Waals surface area contributed by atoms with Gasteiger partial charge >= 0.3 is 0 Å². The zero-order valence-corrected chi connectivity index (χ0v) is 10.6. The van der Waals surface area contributed by atoms with Gasteiger partial charge in [0.25, 0.3) is 5.91 Å². The number of hydrogen-bond acceptors (Lipinski definition) is 2. The number of halogens is 3. The van der Waals surface area contributed by atoms with E-state index in [1.807, 2.05) is 0 Å². The lowest BCUT2D eigenvalue weighted by atomic mass is 10.2. The van der Waals surface area contributed by atoms with E-state index >= 15 is 0 Å². The van der Waals surface area contributed by atoms with Crippen LogP contribution in [0.1, 0.15) is 15.9 Å². The third kappa shape index (κ3) is 3.99. The lowest BCUT2D eigenvalue weighted by Gasteiger charge is -2.06. The van der Waals surface area contributed by atoms with Crippen LogP contribution < -0.4 is 5.32 Å². The first kappa shape index (κ1) is 15.0. The van der Waals surface area contributed by atoms with Crippen LogP contribution in [-0.4, -0.2) is 10.9 Å². The Bertz CT molecular complexity index is 564. The summed E-state index contributed by atoms with van der Waals surface area (Å²) in [4.78, 5) is 15.4. The highest BCUT2D eigenvalue weighted by atomic mass is 35.5. The Morgan fingerprint density at radius 3 is 2.47 bits per heavy atom. The van der Waals surface area contributed by atoms with Gasteiger partial charge in [0.1, 0.15) is 11.6 Å². The maximum Gasteiger partial charge on any atom is 0.251 e. The summed E-state index contributed by atoms with van der Waals surface area (Å²) in [6.07, 6.45) is 2.99. The quantitative estimate of drug-likeness (QED) is 0.942. The highest BCUT2D eigenvalue weighted by Crippen LogP contribution is 2.09. The van der Waals surface area contributed by atoms with Crippen molar-refractivity contribution in [1.82, 2.24) is 10.3 Å². The topological polar surface area (TPSA) is 42.0 Å². The second-order valence-corrected chi connectivity index (χ2v) is 3.65. The van der Waals surface area contributed by atoms with Crippen LogP contribution in [0.5, 0.6) is 0 Å². The van der Waals surface area contributed by atoms with Crippen molar-refractivity contribution in [3.63, 3.8) is 0 Å². The van der Waals surface area contributed by atoms with E-state index < -0.39 is 11.6 Å². The number of benzene rings is 1. The minimum Gasteiger partial charge on any atom is -0.348 e. The zero-order valence-electron chi connectivity index (χ0n) is 9.77. The highest BCUT2D eigenvalue weighted by Gasteiger charge is 2.07. The van der Waals surface area contributed by atoms with E-state index in [2.05, 4.69) is 10.3 Å². The molecule has 0 spiro atoms. The number of rotatable bonds is 3. The van der Waals surface area contributed by atoms with E-state index in [1.54, 1.807) is 12.1 Å². The number of nitrogens with zero attached hydrogens (tertiary/aromatic N) is 1. The average Bonchev–Trinajstić information content (AvgIpc) is 2.38. The van der Waals surface area contributed by atoms with Crippen molar-refractivity contribution in [2.75, 3.05) is 0 Å². The van der Waals surface area contributed by atoms with Crippen LogP contribution in [0.2, 0.25) is 0 Å². The normalized spacial score (nSPS) is 9.58. The van der Waals surface area contributed by atoms with Crippen LogP contribution in [0.3, 0.4) is 0 Å². The molecule has 0 aliphatic rings. The van der Waals surface area contributed by atoms with Crippen molar-refractivity contribution < 1.29 is 13.6 Å². The van der Waals surface area contributed by atoms with Crippen LogP contribution >= 0.6 is 12.4 Å². The summed E-state index contributed by atoms with van der Waals surface area (Å²) in [7, 11) is 0. The first-order valence-electron chi connectivity index (χ1n) is 5.29. The molecule has 0 unspecified atom stereocenters. The molecule has 1 aromatic heterocycles. The molecular weight excluding hydrogens is 274 g/mol. The summed E-state index contributed by atoms with van der Waals surface area (Å²) in [5.74, 6) is -1.65. The number of hydrogen-bond donors (Lipinski definition) is 1. The molecule has 100 valence electrons. The maximum absolute atomic E-state index is 13.3. The Hall–Kier alpha value is -2.01. The predicted octanol–water partition coefficient (Wildman–Crippen LogP) is 2.71. The molecule has 19 heavy (non-hydrogen) atoms. The molecule has 0 fully saturated rings. The van der Waals surface area contributed by atoms with Crippen molar-refractivity contribution in [3.8, 4) is 0 Å². The Balaban J connectivity index is 0.00000180. The van der Waals surface area contributed by atoms with E-state index in [9.17, 15) is 13.6 Å². The number of nitrogens with one attached hydrogen (secondary N) is 1. The second-order valence-electron chi connectivity index (χ2n) is 3.65. The molecule has 0 radical (unpaired) electrons. The first-order chi connectivity index (χ1) is 8.66.